The molecule has 234 valence electrons. The average Bonchev–Trinajstić information content (AvgIpc) is 3.25. The molecule has 0 spiro atoms. The predicted molar refractivity (Wildman–Crippen MR) is 155 cm³/mol. The van der Waals surface area contributed by atoms with E-state index >= 15 is 4.39 Å². The summed E-state index contributed by atoms with van der Waals surface area (Å²) in [6.45, 7) is 8.37. The lowest BCUT2D eigenvalue weighted by atomic mass is 9.82. The molecule has 3 saturated heterocycles. The molecule has 0 radical (unpaired) electrons. The summed E-state index contributed by atoms with van der Waals surface area (Å²) in [4.78, 5) is 55.0. The van der Waals surface area contributed by atoms with Crippen LogP contribution in [-0.4, -0.2) is 101 Å². The number of carbonyl (C=O) groups excluding carboxylic acids is 4. The Bertz CT molecular complexity index is 1270. The molecule has 0 bridgehead atoms. The van der Waals surface area contributed by atoms with Gasteiger partial charge in [0.25, 0.3) is 5.91 Å². The van der Waals surface area contributed by atoms with Gasteiger partial charge in [-0.1, -0.05) is 12.1 Å². The molecule has 6 rings (SSSR count). The number of ether oxygens (including phenoxy) is 2. The number of rotatable bonds is 5. The van der Waals surface area contributed by atoms with Gasteiger partial charge in [0.2, 0.25) is 11.8 Å². The van der Waals surface area contributed by atoms with Crippen molar-refractivity contribution in [3.8, 4) is 0 Å². The van der Waals surface area contributed by atoms with E-state index in [1.807, 2.05) is 39.0 Å². The molecule has 11 heteroatoms. The molecule has 1 N–H and O–H groups in total. The van der Waals surface area contributed by atoms with Crippen molar-refractivity contribution in [2.75, 3.05) is 26.2 Å². The lowest BCUT2D eigenvalue weighted by molar-refractivity contribution is -0.136. The highest BCUT2D eigenvalue weighted by Gasteiger charge is 2.42. The molecule has 4 fully saturated rings. The molecule has 1 aromatic carbocycles. The first-order valence-electron chi connectivity index (χ1n) is 15.7. The van der Waals surface area contributed by atoms with Crippen LogP contribution in [0.3, 0.4) is 0 Å². The van der Waals surface area contributed by atoms with E-state index in [1.165, 1.54) is 4.90 Å². The second-order valence-corrected chi connectivity index (χ2v) is 13.8. The van der Waals surface area contributed by atoms with Crippen molar-refractivity contribution in [1.29, 1.82) is 0 Å². The summed E-state index contributed by atoms with van der Waals surface area (Å²) in [6.07, 6.45) is 3.62. The fourth-order valence-electron chi connectivity index (χ4n) is 7.16. The lowest BCUT2D eigenvalue weighted by Crippen LogP contribution is -2.54. The van der Waals surface area contributed by atoms with E-state index in [1.54, 1.807) is 4.90 Å². The topological polar surface area (TPSA) is 108 Å². The van der Waals surface area contributed by atoms with Crippen LogP contribution in [-0.2, 0) is 25.6 Å². The first kappa shape index (κ1) is 30.0. The normalized spacial score (nSPS) is 30.6. The number of hydrogen-bond acceptors (Lipinski definition) is 7. The second-order valence-electron chi connectivity index (χ2n) is 13.8. The molecular formula is C32H43FN4O6. The second kappa shape index (κ2) is 11.8. The summed E-state index contributed by atoms with van der Waals surface area (Å²) >= 11 is 0. The molecule has 43 heavy (non-hydrogen) atoms. The van der Waals surface area contributed by atoms with Gasteiger partial charge in [-0.3, -0.25) is 24.6 Å². The number of piperidine rings is 3. The zero-order valence-corrected chi connectivity index (χ0v) is 25.4. The maximum Gasteiger partial charge on any atom is 0.410 e. The summed E-state index contributed by atoms with van der Waals surface area (Å²) in [7, 11) is 0. The molecule has 3 atom stereocenters. The van der Waals surface area contributed by atoms with Crippen LogP contribution in [0.15, 0.2) is 18.2 Å². The van der Waals surface area contributed by atoms with Gasteiger partial charge in [0.15, 0.2) is 0 Å². The van der Waals surface area contributed by atoms with E-state index in [0.29, 0.717) is 50.6 Å². The number of hydrogen-bond donors (Lipinski definition) is 1. The molecule has 0 unspecified atom stereocenters. The number of nitrogens with one attached hydrogen (secondary N) is 1. The number of imide groups is 1. The third-order valence-electron chi connectivity index (χ3n) is 9.62. The number of nitrogens with zero attached hydrogens (tertiary/aromatic N) is 3. The Morgan fingerprint density at radius 3 is 2.42 bits per heavy atom. The number of fused-ring (bicyclic) bond motifs is 1. The molecule has 4 aliphatic heterocycles. The molecule has 1 aliphatic carbocycles. The molecule has 0 aromatic heterocycles. The van der Waals surface area contributed by atoms with Crippen LogP contribution in [0.5, 0.6) is 0 Å². The standard InChI is InChI=1S/C32H43FN4O6/c1-32(2,3)43-31(41)35-11-8-22(9-12-35)42-23-15-21(16-23)36-13-10-24(26(33)18-36)19-4-5-20-17-37(30(40)25(20)14-19)27-6-7-28(38)34-29(27)39/h4-5,14,21-24,26-27H,6-13,15-18H2,1-3H3,(H,34,38,39)/t21?,23?,24-,26-,27+/m0/s1. The van der Waals surface area contributed by atoms with E-state index in [0.717, 1.165) is 43.4 Å². The fraction of sp³-hybridized carbons (Fsp3) is 0.688. The smallest absolute Gasteiger partial charge is 0.410 e. The van der Waals surface area contributed by atoms with Gasteiger partial charge in [0.05, 0.1) is 12.2 Å². The van der Waals surface area contributed by atoms with Crippen LogP contribution in [0.25, 0.3) is 0 Å². The highest BCUT2D eigenvalue weighted by atomic mass is 19.1. The molecule has 1 saturated carbocycles. The average molecular weight is 599 g/mol. The summed E-state index contributed by atoms with van der Waals surface area (Å²) in [6, 6.07) is 5.29. The Morgan fingerprint density at radius 1 is 1.00 bits per heavy atom. The van der Waals surface area contributed by atoms with Crippen LogP contribution in [0.4, 0.5) is 9.18 Å². The van der Waals surface area contributed by atoms with Crippen LogP contribution in [0.2, 0.25) is 0 Å². The first-order valence-corrected chi connectivity index (χ1v) is 15.7. The maximum absolute atomic E-state index is 15.6. The van der Waals surface area contributed by atoms with E-state index in [-0.39, 0.29) is 42.5 Å². The molecule has 5 aliphatic rings. The van der Waals surface area contributed by atoms with Crippen molar-refractivity contribution < 1.29 is 33.0 Å². The number of likely N-dealkylation sites (tertiary alicyclic amines) is 2. The quantitative estimate of drug-likeness (QED) is 0.517. The van der Waals surface area contributed by atoms with Crippen molar-refractivity contribution in [2.45, 2.75) is 114 Å². The number of carbonyl (C=O) groups is 4. The maximum atomic E-state index is 15.6. The van der Waals surface area contributed by atoms with Gasteiger partial charge in [-0.2, -0.15) is 0 Å². The van der Waals surface area contributed by atoms with E-state index in [2.05, 4.69) is 10.2 Å². The van der Waals surface area contributed by atoms with Crippen molar-refractivity contribution in [3.63, 3.8) is 0 Å². The van der Waals surface area contributed by atoms with Crippen LogP contribution >= 0.6 is 0 Å². The summed E-state index contributed by atoms with van der Waals surface area (Å²) in [5, 5.41) is 2.33. The Morgan fingerprint density at radius 2 is 1.74 bits per heavy atom. The van der Waals surface area contributed by atoms with Gasteiger partial charge in [-0.15, -0.1) is 0 Å². The molecule has 4 heterocycles. The minimum Gasteiger partial charge on any atom is -0.444 e. The van der Waals surface area contributed by atoms with Crippen molar-refractivity contribution in [3.05, 3.63) is 34.9 Å². The number of amides is 4. The molecule has 4 amide bonds. The van der Waals surface area contributed by atoms with Gasteiger partial charge in [-0.05, 0) is 83.0 Å². The fourth-order valence-corrected chi connectivity index (χ4v) is 7.16. The van der Waals surface area contributed by atoms with Gasteiger partial charge >= 0.3 is 6.09 Å². The van der Waals surface area contributed by atoms with Crippen molar-refractivity contribution in [2.24, 2.45) is 0 Å². The zero-order chi connectivity index (χ0) is 30.5. The van der Waals surface area contributed by atoms with E-state index in [9.17, 15) is 19.2 Å². The Kier molecular flexibility index (Phi) is 8.23. The van der Waals surface area contributed by atoms with Crippen molar-refractivity contribution >= 4 is 23.8 Å². The molecular weight excluding hydrogens is 555 g/mol. The largest absolute Gasteiger partial charge is 0.444 e. The summed E-state index contributed by atoms with van der Waals surface area (Å²) < 4.78 is 27.4. The monoisotopic (exact) mass is 598 g/mol. The SMILES string of the molecule is CC(C)(C)OC(=O)N1CCC(OC2CC(N3CC[C@@H](c4ccc5c(c4)C(=O)N([C@@H]4CCC(=O)NC4=O)C5)[C@@H](F)C3)C2)CC1. The van der Waals surface area contributed by atoms with Gasteiger partial charge in [0, 0.05) is 50.1 Å². The summed E-state index contributed by atoms with van der Waals surface area (Å²) in [5.74, 6) is -1.24. The van der Waals surface area contributed by atoms with Crippen LogP contribution in [0.1, 0.15) is 93.1 Å². The van der Waals surface area contributed by atoms with Gasteiger partial charge < -0.3 is 19.3 Å². The number of halogens is 1. The highest BCUT2D eigenvalue weighted by Crippen LogP contribution is 2.38. The predicted octanol–water partition coefficient (Wildman–Crippen LogP) is 3.52. The zero-order valence-electron chi connectivity index (χ0n) is 25.4. The molecule has 1 aromatic rings. The van der Waals surface area contributed by atoms with Crippen LogP contribution < -0.4 is 5.32 Å². The number of alkyl halides is 1. The Labute approximate surface area is 252 Å². The third-order valence-corrected chi connectivity index (χ3v) is 9.62. The summed E-state index contributed by atoms with van der Waals surface area (Å²) in [5.41, 5.74) is 1.70. The minimum absolute atomic E-state index is 0.137. The van der Waals surface area contributed by atoms with E-state index in [4.69, 9.17) is 9.47 Å². The van der Waals surface area contributed by atoms with Crippen LogP contribution in [0, 0.1) is 0 Å². The van der Waals surface area contributed by atoms with Gasteiger partial charge in [0.1, 0.15) is 17.8 Å². The Balaban J connectivity index is 0.959. The number of benzene rings is 1. The van der Waals surface area contributed by atoms with E-state index < -0.39 is 23.7 Å². The lowest BCUT2D eigenvalue weighted by Gasteiger charge is -2.47. The molecule has 10 nitrogen and oxygen atoms in total. The minimum atomic E-state index is -1.04. The first-order chi connectivity index (χ1) is 20.4. The Hall–Kier alpha value is -3.05. The van der Waals surface area contributed by atoms with Gasteiger partial charge in [-0.25, -0.2) is 9.18 Å². The highest BCUT2D eigenvalue weighted by molar-refractivity contribution is 6.05. The third kappa shape index (κ3) is 6.43. The van der Waals surface area contributed by atoms with Crippen molar-refractivity contribution in [1.82, 2.24) is 20.0 Å².